The molecule has 6 nitrogen and oxygen atoms in total. The first-order valence-electron chi connectivity index (χ1n) is 7.84. The molecule has 1 aliphatic heterocycles. The number of ether oxygens (including phenoxy) is 3. The van der Waals surface area contributed by atoms with Gasteiger partial charge < -0.3 is 19.5 Å². The minimum atomic E-state index is -0.458. The minimum absolute atomic E-state index is 0.00739. The standard InChI is InChI=1S/C18H19ClN2O4/c1-10-13(18(22)24-3)8-14(19)17(20-10)21-12-7-11-5-4-6-15(23-2)16(11)25-9-12/h4-6,8,12H,7,9H2,1-3H3,(H,20,21). The fraction of sp³-hybridized carbons (Fsp3) is 0.333. The van der Waals surface area contributed by atoms with Crippen LogP contribution in [0.4, 0.5) is 5.82 Å². The summed E-state index contributed by atoms with van der Waals surface area (Å²) in [7, 11) is 2.95. The van der Waals surface area contributed by atoms with E-state index in [9.17, 15) is 4.79 Å². The lowest BCUT2D eigenvalue weighted by molar-refractivity contribution is 0.0599. The predicted molar refractivity (Wildman–Crippen MR) is 94.9 cm³/mol. The van der Waals surface area contributed by atoms with Gasteiger partial charge in [0.1, 0.15) is 12.4 Å². The number of rotatable bonds is 4. The Hall–Kier alpha value is -2.47. The van der Waals surface area contributed by atoms with E-state index in [4.69, 9.17) is 25.8 Å². The summed E-state index contributed by atoms with van der Waals surface area (Å²) in [5.74, 6) is 1.57. The maximum atomic E-state index is 11.7. The Morgan fingerprint density at radius 2 is 2.20 bits per heavy atom. The normalized spacial score (nSPS) is 15.8. The number of benzene rings is 1. The zero-order valence-corrected chi connectivity index (χ0v) is 15.0. The molecule has 0 amide bonds. The number of nitrogens with zero attached hydrogens (tertiary/aromatic N) is 1. The van der Waals surface area contributed by atoms with E-state index in [1.807, 2.05) is 18.2 Å². The molecule has 1 aromatic carbocycles. The number of carbonyl (C=O) groups excluding carboxylic acids is 1. The van der Waals surface area contributed by atoms with Crippen LogP contribution in [0.1, 0.15) is 21.6 Å². The lowest BCUT2D eigenvalue weighted by Crippen LogP contribution is -2.33. The number of nitrogens with one attached hydrogen (secondary N) is 1. The summed E-state index contributed by atoms with van der Waals surface area (Å²) in [4.78, 5) is 16.1. The molecule has 0 spiro atoms. The lowest BCUT2D eigenvalue weighted by Gasteiger charge is -2.28. The minimum Gasteiger partial charge on any atom is -0.493 e. The van der Waals surface area contributed by atoms with E-state index >= 15 is 0 Å². The first kappa shape index (κ1) is 17.4. The average Bonchev–Trinajstić information content (AvgIpc) is 2.63. The molecule has 0 radical (unpaired) electrons. The number of hydrogen-bond acceptors (Lipinski definition) is 6. The zero-order valence-electron chi connectivity index (χ0n) is 14.3. The van der Waals surface area contributed by atoms with Gasteiger partial charge in [0.25, 0.3) is 0 Å². The molecular weight excluding hydrogens is 344 g/mol. The number of fused-ring (bicyclic) bond motifs is 1. The SMILES string of the molecule is COC(=O)c1cc(Cl)c(NC2COc3c(cccc3OC)C2)nc1C. The summed E-state index contributed by atoms with van der Waals surface area (Å²) in [6, 6.07) is 7.39. The van der Waals surface area contributed by atoms with Gasteiger partial charge in [0, 0.05) is 5.56 Å². The second-order valence-electron chi connectivity index (χ2n) is 5.75. The smallest absolute Gasteiger partial charge is 0.339 e. The number of aromatic nitrogens is 1. The van der Waals surface area contributed by atoms with Gasteiger partial charge in [-0.3, -0.25) is 0 Å². The fourth-order valence-corrected chi connectivity index (χ4v) is 3.05. The molecule has 0 aliphatic carbocycles. The van der Waals surface area contributed by atoms with E-state index in [-0.39, 0.29) is 6.04 Å². The number of esters is 1. The number of carbonyl (C=O) groups is 1. The zero-order chi connectivity index (χ0) is 18.0. The molecule has 7 heteroatoms. The molecule has 0 fully saturated rings. The summed E-state index contributed by atoms with van der Waals surface area (Å²) in [5.41, 5.74) is 1.97. The van der Waals surface area contributed by atoms with Gasteiger partial charge in [0.2, 0.25) is 0 Å². The Bertz CT molecular complexity index is 810. The van der Waals surface area contributed by atoms with E-state index in [2.05, 4.69) is 10.3 Å². The first-order chi connectivity index (χ1) is 12.0. The van der Waals surface area contributed by atoms with Crippen LogP contribution in [-0.2, 0) is 11.2 Å². The molecule has 1 aromatic heterocycles. The Morgan fingerprint density at radius 3 is 2.92 bits per heavy atom. The van der Waals surface area contributed by atoms with Crippen molar-refractivity contribution in [1.82, 2.24) is 4.98 Å². The molecule has 0 saturated heterocycles. The summed E-state index contributed by atoms with van der Waals surface area (Å²) in [6.07, 6.45) is 0.752. The van der Waals surface area contributed by atoms with Crippen molar-refractivity contribution in [3.63, 3.8) is 0 Å². The van der Waals surface area contributed by atoms with Crippen LogP contribution in [0.2, 0.25) is 5.02 Å². The van der Waals surface area contributed by atoms with Crippen LogP contribution in [0.25, 0.3) is 0 Å². The van der Waals surface area contributed by atoms with Gasteiger partial charge in [-0.05, 0) is 25.5 Å². The molecule has 1 aliphatic rings. The first-order valence-corrected chi connectivity index (χ1v) is 8.22. The van der Waals surface area contributed by atoms with Crippen LogP contribution >= 0.6 is 11.6 Å². The topological polar surface area (TPSA) is 69.7 Å². The molecule has 0 saturated carbocycles. The van der Waals surface area contributed by atoms with E-state index in [1.165, 1.54) is 7.11 Å². The van der Waals surface area contributed by atoms with Crippen LogP contribution in [-0.4, -0.2) is 37.8 Å². The van der Waals surface area contributed by atoms with Crippen LogP contribution in [0.15, 0.2) is 24.3 Å². The summed E-state index contributed by atoms with van der Waals surface area (Å²) < 4.78 is 15.9. The number of halogens is 1. The number of hydrogen-bond donors (Lipinski definition) is 1. The number of methoxy groups -OCH3 is 2. The molecule has 2 aromatic rings. The fourth-order valence-electron chi connectivity index (χ4n) is 2.84. The Kier molecular flexibility index (Phi) is 4.99. The molecule has 3 rings (SSSR count). The molecule has 2 heterocycles. The highest BCUT2D eigenvalue weighted by Crippen LogP contribution is 2.35. The quantitative estimate of drug-likeness (QED) is 0.842. The highest BCUT2D eigenvalue weighted by molar-refractivity contribution is 6.33. The largest absolute Gasteiger partial charge is 0.493 e. The lowest BCUT2D eigenvalue weighted by atomic mass is 10.0. The van der Waals surface area contributed by atoms with Gasteiger partial charge in [-0.25, -0.2) is 9.78 Å². The van der Waals surface area contributed by atoms with Gasteiger partial charge in [-0.2, -0.15) is 0 Å². The molecule has 132 valence electrons. The van der Waals surface area contributed by atoms with Gasteiger partial charge in [-0.1, -0.05) is 23.7 Å². The third-order valence-corrected chi connectivity index (χ3v) is 4.38. The number of aryl methyl sites for hydroxylation is 1. The molecule has 1 unspecified atom stereocenters. The number of para-hydroxylation sites is 1. The highest BCUT2D eigenvalue weighted by Gasteiger charge is 2.24. The van der Waals surface area contributed by atoms with Crippen LogP contribution in [0.5, 0.6) is 11.5 Å². The van der Waals surface area contributed by atoms with Crippen molar-refractivity contribution in [3.8, 4) is 11.5 Å². The van der Waals surface area contributed by atoms with Crippen molar-refractivity contribution < 1.29 is 19.0 Å². The molecule has 25 heavy (non-hydrogen) atoms. The summed E-state index contributed by atoms with van der Waals surface area (Å²) in [6.45, 7) is 2.20. The predicted octanol–water partition coefficient (Wildman–Crippen LogP) is 3.25. The summed E-state index contributed by atoms with van der Waals surface area (Å²) >= 11 is 6.28. The third kappa shape index (κ3) is 3.49. The van der Waals surface area contributed by atoms with Gasteiger partial charge in [0.05, 0.1) is 36.5 Å². The maximum Gasteiger partial charge on any atom is 0.339 e. The van der Waals surface area contributed by atoms with Gasteiger partial charge >= 0.3 is 5.97 Å². The molecular formula is C18H19ClN2O4. The van der Waals surface area contributed by atoms with E-state index in [0.29, 0.717) is 28.7 Å². The maximum absolute atomic E-state index is 11.7. The van der Waals surface area contributed by atoms with Crippen LogP contribution < -0.4 is 14.8 Å². The molecule has 1 N–H and O–H groups in total. The van der Waals surface area contributed by atoms with E-state index in [1.54, 1.807) is 20.1 Å². The Balaban J connectivity index is 1.79. The van der Waals surface area contributed by atoms with Gasteiger partial charge in [-0.15, -0.1) is 0 Å². The van der Waals surface area contributed by atoms with E-state index in [0.717, 1.165) is 23.5 Å². The van der Waals surface area contributed by atoms with Crippen molar-refractivity contribution in [2.24, 2.45) is 0 Å². The highest BCUT2D eigenvalue weighted by atomic mass is 35.5. The summed E-state index contributed by atoms with van der Waals surface area (Å²) in [5, 5.41) is 3.65. The second kappa shape index (κ2) is 7.19. The van der Waals surface area contributed by atoms with Crippen LogP contribution in [0.3, 0.4) is 0 Å². The van der Waals surface area contributed by atoms with Crippen molar-refractivity contribution in [2.45, 2.75) is 19.4 Å². The second-order valence-corrected chi connectivity index (χ2v) is 6.16. The molecule has 0 bridgehead atoms. The van der Waals surface area contributed by atoms with Crippen molar-refractivity contribution >= 4 is 23.4 Å². The monoisotopic (exact) mass is 362 g/mol. The van der Waals surface area contributed by atoms with Crippen LogP contribution in [0, 0.1) is 6.92 Å². The Morgan fingerprint density at radius 1 is 1.40 bits per heavy atom. The van der Waals surface area contributed by atoms with Crippen molar-refractivity contribution in [3.05, 3.63) is 46.1 Å². The Labute approximate surface area is 151 Å². The number of anilines is 1. The third-order valence-electron chi connectivity index (χ3n) is 4.09. The van der Waals surface area contributed by atoms with Crippen molar-refractivity contribution in [1.29, 1.82) is 0 Å². The van der Waals surface area contributed by atoms with E-state index < -0.39 is 5.97 Å². The molecule has 1 atom stereocenters. The van der Waals surface area contributed by atoms with Gasteiger partial charge in [0.15, 0.2) is 11.5 Å². The average molecular weight is 363 g/mol. The van der Waals surface area contributed by atoms with Crippen molar-refractivity contribution in [2.75, 3.05) is 26.1 Å². The number of pyridine rings is 1.